The fourth-order valence-electron chi connectivity index (χ4n) is 2.16. The number of carbonyl (C=O) groups excluding carboxylic acids is 1. The Morgan fingerprint density at radius 2 is 2.25 bits per heavy atom. The molecule has 0 amide bonds. The van der Waals surface area contributed by atoms with Crippen LogP contribution in [-0.2, 0) is 24.7 Å². The number of Topliss-reactive ketones (excluding diaryl/α,β-unsaturated/α-hetero) is 1. The highest BCUT2D eigenvalue weighted by Gasteiger charge is 2.33. The second kappa shape index (κ2) is 3.73. The van der Waals surface area contributed by atoms with E-state index in [0.717, 1.165) is 17.9 Å². The number of carbonyl (C=O) groups is 2. The van der Waals surface area contributed by atoms with Crippen LogP contribution in [0.2, 0.25) is 0 Å². The van der Waals surface area contributed by atoms with Crippen LogP contribution in [0, 0.1) is 5.92 Å². The van der Waals surface area contributed by atoms with E-state index in [1.54, 1.807) is 0 Å². The Labute approximate surface area is 93.1 Å². The Kier molecular flexibility index (Phi) is 2.53. The number of rotatable bonds is 2. The van der Waals surface area contributed by atoms with E-state index in [4.69, 9.17) is 5.11 Å². The minimum absolute atomic E-state index is 0.0719. The van der Waals surface area contributed by atoms with Gasteiger partial charge in [0.25, 0.3) is 0 Å². The van der Waals surface area contributed by atoms with Crippen molar-refractivity contribution in [2.45, 2.75) is 26.2 Å². The summed E-state index contributed by atoms with van der Waals surface area (Å²) < 4.78 is 1.85. The SMILES string of the molecule is CCc1nc2c(n1C)CC(C(=O)O)CC2=O. The highest BCUT2D eigenvalue weighted by atomic mass is 16.4. The maximum absolute atomic E-state index is 11.7. The predicted molar refractivity (Wildman–Crippen MR) is 56.4 cm³/mol. The van der Waals surface area contributed by atoms with Crippen molar-refractivity contribution >= 4 is 11.8 Å². The first-order valence-electron chi connectivity index (χ1n) is 5.35. The lowest BCUT2D eigenvalue weighted by Gasteiger charge is -2.17. The van der Waals surface area contributed by atoms with Crippen LogP contribution in [-0.4, -0.2) is 26.4 Å². The standard InChI is InChI=1S/C11H14N2O3/c1-3-9-12-10-7(13(9)2)4-6(11(15)16)5-8(10)14/h6H,3-5H2,1-2H3,(H,15,16). The third kappa shape index (κ3) is 1.52. The molecule has 0 spiro atoms. The van der Waals surface area contributed by atoms with Gasteiger partial charge in [0.2, 0.25) is 0 Å². The molecule has 5 heteroatoms. The number of imidazole rings is 1. The van der Waals surface area contributed by atoms with E-state index in [1.807, 2.05) is 18.5 Å². The Balaban J connectivity index is 2.45. The number of aliphatic carboxylic acids is 1. The first-order valence-corrected chi connectivity index (χ1v) is 5.35. The smallest absolute Gasteiger partial charge is 0.307 e. The van der Waals surface area contributed by atoms with Gasteiger partial charge in [0.15, 0.2) is 5.78 Å². The number of hydrogen-bond acceptors (Lipinski definition) is 3. The lowest BCUT2D eigenvalue weighted by molar-refractivity contribution is -0.141. The van der Waals surface area contributed by atoms with Gasteiger partial charge in [-0.25, -0.2) is 4.98 Å². The molecule has 1 aromatic rings. The number of fused-ring (bicyclic) bond motifs is 1. The maximum atomic E-state index is 11.7. The molecule has 2 rings (SSSR count). The topological polar surface area (TPSA) is 72.2 Å². The zero-order valence-electron chi connectivity index (χ0n) is 9.36. The van der Waals surface area contributed by atoms with Crippen LogP contribution >= 0.6 is 0 Å². The summed E-state index contributed by atoms with van der Waals surface area (Å²) in [5.74, 6) is -0.813. The van der Waals surface area contributed by atoms with Gasteiger partial charge in [0, 0.05) is 32.0 Å². The molecular weight excluding hydrogens is 208 g/mol. The molecule has 0 saturated heterocycles. The highest BCUT2D eigenvalue weighted by Crippen LogP contribution is 2.26. The van der Waals surface area contributed by atoms with E-state index in [1.165, 1.54) is 0 Å². The average molecular weight is 222 g/mol. The Morgan fingerprint density at radius 1 is 1.56 bits per heavy atom. The summed E-state index contributed by atoms with van der Waals surface area (Å²) in [7, 11) is 1.84. The van der Waals surface area contributed by atoms with Crippen LogP contribution in [0.3, 0.4) is 0 Å². The minimum Gasteiger partial charge on any atom is -0.481 e. The van der Waals surface area contributed by atoms with Crippen molar-refractivity contribution < 1.29 is 14.7 Å². The average Bonchev–Trinajstić information content (AvgIpc) is 2.56. The molecule has 5 nitrogen and oxygen atoms in total. The molecule has 16 heavy (non-hydrogen) atoms. The van der Waals surface area contributed by atoms with Gasteiger partial charge in [-0.05, 0) is 0 Å². The summed E-state index contributed by atoms with van der Waals surface area (Å²) in [6, 6.07) is 0. The number of ketones is 1. The summed E-state index contributed by atoms with van der Waals surface area (Å²) in [6.07, 6.45) is 1.22. The van der Waals surface area contributed by atoms with Crippen molar-refractivity contribution in [3.05, 3.63) is 17.2 Å². The first kappa shape index (κ1) is 10.9. The third-order valence-corrected chi connectivity index (χ3v) is 3.11. The molecule has 1 unspecified atom stereocenters. The molecule has 0 bridgehead atoms. The molecule has 1 aromatic heterocycles. The summed E-state index contributed by atoms with van der Waals surface area (Å²) in [5, 5.41) is 8.95. The summed E-state index contributed by atoms with van der Waals surface area (Å²) >= 11 is 0. The van der Waals surface area contributed by atoms with Crippen molar-refractivity contribution in [3.63, 3.8) is 0 Å². The highest BCUT2D eigenvalue weighted by molar-refractivity contribution is 5.99. The number of nitrogens with zero attached hydrogens (tertiary/aromatic N) is 2. The van der Waals surface area contributed by atoms with Crippen LogP contribution in [0.15, 0.2) is 0 Å². The fourth-order valence-corrected chi connectivity index (χ4v) is 2.16. The molecule has 0 radical (unpaired) electrons. The van der Waals surface area contributed by atoms with Crippen molar-refractivity contribution in [1.82, 2.24) is 9.55 Å². The largest absolute Gasteiger partial charge is 0.481 e. The van der Waals surface area contributed by atoms with Gasteiger partial charge in [-0.2, -0.15) is 0 Å². The van der Waals surface area contributed by atoms with E-state index < -0.39 is 11.9 Å². The molecule has 1 N–H and O–H groups in total. The molecule has 1 aliphatic carbocycles. The first-order chi connectivity index (χ1) is 7.54. The molecule has 0 aliphatic heterocycles. The number of aromatic nitrogens is 2. The van der Waals surface area contributed by atoms with Crippen LogP contribution in [0.5, 0.6) is 0 Å². The second-order valence-corrected chi connectivity index (χ2v) is 4.10. The second-order valence-electron chi connectivity index (χ2n) is 4.10. The molecule has 0 aromatic carbocycles. The van der Waals surface area contributed by atoms with Crippen molar-refractivity contribution in [3.8, 4) is 0 Å². The maximum Gasteiger partial charge on any atom is 0.307 e. The zero-order valence-corrected chi connectivity index (χ0v) is 9.36. The van der Waals surface area contributed by atoms with Gasteiger partial charge < -0.3 is 9.67 Å². The van der Waals surface area contributed by atoms with Crippen LogP contribution in [0.1, 0.15) is 35.4 Å². The Bertz CT molecular complexity index is 462. The summed E-state index contributed by atoms with van der Waals surface area (Å²) in [6.45, 7) is 1.97. The molecule has 0 fully saturated rings. The summed E-state index contributed by atoms with van der Waals surface area (Å²) in [5.41, 5.74) is 1.23. The van der Waals surface area contributed by atoms with Crippen LogP contribution < -0.4 is 0 Å². The van der Waals surface area contributed by atoms with E-state index in [2.05, 4.69) is 4.98 Å². The van der Waals surface area contributed by atoms with Crippen molar-refractivity contribution in [1.29, 1.82) is 0 Å². The quantitative estimate of drug-likeness (QED) is 0.803. The number of hydrogen-bond donors (Lipinski definition) is 1. The number of carboxylic acid groups (broad SMARTS) is 1. The van der Waals surface area contributed by atoms with E-state index >= 15 is 0 Å². The zero-order chi connectivity index (χ0) is 11.9. The number of carboxylic acids is 1. The predicted octanol–water partition coefficient (Wildman–Crippen LogP) is 0.812. The van der Waals surface area contributed by atoms with Gasteiger partial charge in [-0.3, -0.25) is 9.59 Å². The van der Waals surface area contributed by atoms with E-state index in [9.17, 15) is 9.59 Å². The van der Waals surface area contributed by atoms with Gasteiger partial charge >= 0.3 is 5.97 Å². The molecule has 1 aliphatic rings. The molecule has 0 saturated carbocycles. The monoisotopic (exact) mass is 222 g/mol. The fraction of sp³-hybridized carbons (Fsp3) is 0.545. The lowest BCUT2D eigenvalue weighted by atomic mass is 9.89. The van der Waals surface area contributed by atoms with Gasteiger partial charge in [0.1, 0.15) is 11.5 Å². The lowest BCUT2D eigenvalue weighted by Crippen LogP contribution is -2.27. The molecule has 1 atom stereocenters. The van der Waals surface area contributed by atoms with Crippen LogP contribution in [0.25, 0.3) is 0 Å². The molecule has 86 valence electrons. The van der Waals surface area contributed by atoms with Gasteiger partial charge in [-0.1, -0.05) is 6.92 Å². The number of aryl methyl sites for hydroxylation is 1. The van der Waals surface area contributed by atoms with Crippen molar-refractivity contribution in [2.24, 2.45) is 13.0 Å². The summed E-state index contributed by atoms with van der Waals surface area (Å²) in [4.78, 5) is 26.9. The van der Waals surface area contributed by atoms with Crippen molar-refractivity contribution in [2.75, 3.05) is 0 Å². The van der Waals surface area contributed by atoms with E-state index in [0.29, 0.717) is 12.1 Å². The van der Waals surface area contributed by atoms with Gasteiger partial charge in [-0.15, -0.1) is 0 Å². The normalized spacial score (nSPS) is 19.6. The Hall–Kier alpha value is -1.65. The van der Waals surface area contributed by atoms with E-state index in [-0.39, 0.29) is 12.2 Å². The minimum atomic E-state index is -0.904. The molecular formula is C11H14N2O3. The Morgan fingerprint density at radius 3 is 2.81 bits per heavy atom. The van der Waals surface area contributed by atoms with Gasteiger partial charge in [0.05, 0.1) is 5.92 Å². The molecule has 1 heterocycles. The van der Waals surface area contributed by atoms with Crippen LogP contribution in [0.4, 0.5) is 0 Å². The third-order valence-electron chi connectivity index (χ3n) is 3.11.